The Balaban J connectivity index is 1.60. The molecule has 1 aromatic carbocycles. The number of hydrazine groups is 1. The Morgan fingerprint density at radius 2 is 2.00 bits per heavy atom. The van der Waals surface area contributed by atoms with Crippen molar-refractivity contribution >= 4 is 23.4 Å². The lowest BCUT2D eigenvalue weighted by Gasteiger charge is -2.21. The van der Waals surface area contributed by atoms with E-state index < -0.39 is 6.04 Å². The van der Waals surface area contributed by atoms with E-state index in [0.717, 1.165) is 11.1 Å². The first-order valence-electron chi connectivity index (χ1n) is 8.52. The first kappa shape index (κ1) is 18.2. The SMILES string of the molecule is C/C(=N\NC(=O)C[C@@H]1N=C(Cc2ccccc2)NNC1=O)c1cccnc1. The van der Waals surface area contributed by atoms with E-state index in [-0.39, 0.29) is 18.2 Å². The Hall–Kier alpha value is -3.55. The smallest absolute Gasteiger partial charge is 0.263 e. The van der Waals surface area contributed by atoms with Crippen LogP contribution in [0.25, 0.3) is 0 Å². The molecule has 0 saturated heterocycles. The maximum absolute atomic E-state index is 12.2. The van der Waals surface area contributed by atoms with Crippen molar-refractivity contribution in [1.29, 1.82) is 0 Å². The highest BCUT2D eigenvalue weighted by molar-refractivity contribution is 5.99. The van der Waals surface area contributed by atoms with Crippen LogP contribution in [0.5, 0.6) is 0 Å². The van der Waals surface area contributed by atoms with Gasteiger partial charge < -0.3 is 0 Å². The van der Waals surface area contributed by atoms with Crippen LogP contribution in [-0.4, -0.2) is 34.4 Å². The number of pyridine rings is 1. The van der Waals surface area contributed by atoms with E-state index in [9.17, 15) is 9.59 Å². The lowest BCUT2D eigenvalue weighted by atomic mass is 10.1. The second kappa shape index (κ2) is 8.70. The molecule has 2 amide bonds. The summed E-state index contributed by atoms with van der Waals surface area (Å²) in [6, 6.07) is 12.6. The Kier molecular flexibility index (Phi) is 5.88. The van der Waals surface area contributed by atoms with Crippen LogP contribution in [0.4, 0.5) is 0 Å². The van der Waals surface area contributed by atoms with E-state index in [4.69, 9.17) is 0 Å². The largest absolute Gasteiger partial charge is 0.285 e. The summed E-state index contributed by atoms with van der Waals surface area (Å²) in [4.78, 5) is 32.5. The van der Waals surface area contributed by atoms with Crippen LogP contribution in [0, 0.1) is 0 Å². The highest BCUT2D eigenvalue weighted by Crippen LogP contribution is 2.07. The molecule has 1 aliphatic heterocycles. The first-order valence-corrected chi connectivity index (χ1v) is 8.52. The van der Waals surface area contributed by atoms with Gasteiger partial charge in [0.2, 0.25) is 5.91 Å². The predicted molar refractivity (Wildman–Crippen MR) is 102 cm³/mol. The van der Waals surface area contributed by atoms with E-state index in [0.29, 0.717) is 18.0 Å². The molecule has 8 heteroatoms. The summed E-state index contributed by atoms with van der Waals surface area (Å²) >= 11 is 0. The number of hydrogen-bond donors (Lipinski definition) is 3. The molecule has 1 aliphatic rings. The quantitative estimate of drug-likeness (QED) is 0.524. The van der Waals surface area contributed by atoms with E-state index in [1.165, 1.54) is 0 Å². The van der Waals surface area contributed by atoms with Gasteiger partial charge in [-0.05, 0) is 18.6 Å². The molecule has 0 radical (unpaired) electrons. The first-order chi connectivity index (χ1) is 13.1. The molecule has 0 fully saturated rings. The number of carbonyl (C=O) groups excluding carboxylic acids is 2. The Morgan fingerprint density at radius 1 is 1.19 bits per heavy atom. The molecule has 138 valence electrons. The van der Waals surface area contributed by atoms with Gasteiger partial charge in [0.25, 0.3) is 5.91 Å². The third-order valence-corrected chi connectivity index (χ3v) is 3.97. The van der Waals surface area contributed by atoms with Gasteiger partial charge in [0.15, 0.2) is 0 Å². The van der Waals surface area contributed by atoms with Crippen LogP contribution >= 0.6 is 0 Å². The van der Waals surface area contributed by atoms with Gasteiger partial charge in [-0.15, -0.1) is 0 Å². The van der Waals surface area contributed by atoms with E-state index in [2.05, 4.69) is 31.4 Å². The third-order valence-electron chi connectivity index (χ3n) is 3.97. The van der Waals surface area contributed by atoms with E-state index in [1.807, 2.05) is 36.4 Å². The molecule has 0 aliphatic carbocycles. The highest BCUT2D eigenvalue weighted by atomic mass is 16.2. The standard InChI is InChI=1S/C19H20N6O2/c1-13(15-8-5-9-20-12-15)22-24-18(26)11-16-19(27)25-23-17(21-16)10-14-6-3-2-4-7-14/h2-9,12,16H,10-11H2,1H3,(H,21,23)(H,24,26)(H,25,27)/b22-13+/t16-/m0/s1. The summed E-state index contributed by atoms with van der Waals surface area (Å²) in [7, 11) is 0. The molecule has 27 heavy (non-hydrogen) atoms. The molecule has 1 aromatic heterocycles. The lowest BCUT2D eigenvalue weighted by Crippen LogP contribution is -2.52. The number of rotatable bonds is 6. The minimum Gasteiger partial charge on any atom is -0.285 e. The number of amides is 2. The number of aromatic nitrogens is 1. The number of nitrogens with zero attached hydrogens (tertiary/aromatic N) is 3. The minimum atomic E-state index is -0.793. The maximum atomic E-state index is 12.2. The van der Waals surface area contributed by atoms with Gasteiger partial charge in [0.1, 0.15) is 11.9 Å². The average molecular weight is 364 g/mol. The summed E-state index contributed by atoms with van der Waals surface area (Å²) < 4.78 is 0. The van der Waals surface area contributed by atoms with Gasteiger partial charge >= 0.3 is 0 Å². The number of nitrogens with one attached hydrogen (secondary N) is 3. The third kappa shape index (κ3) is 5.21. The van der Waals surface area contributed by atoms with Crippen LogP contribution in [0.2, 0.25) is 0 Å². The lowest BCUT2D eigenvalue weighted by molar-refractivity contribution is -0.128. The van der Waals surface area contributed by atoms with Crippen molar-refractivity contribution in [2.24, 2.45) is 10.1 Å². The number of carbonyl (C=O) groups is 2. The van der Waals surface area contributed by atoms with Crippen LogP contribution in [0.1, 0.15) is 24.5 Å². The van der Waals surface area contributed by atoms with Gasteiger partial charge in [-0.2, -0.15) is 5.10 Å². The summed E-state index contributed by atoms with van der Waals surface area (Å²) in [6.07, 6.45) is 3.77. The zero-order valence-electron chi connectivity index (χ0n) is 14.8. The molecule has 3 rings (SSSR count). The van der Waals surface area contributed by atoms with Gasteiger partial charge in [0.05, 0.1) is 12.1 Å². The van der Waals surface area contributed by atoms with Gasteiger partial charge in [0, 0.05) is 24.4 Å². The van der Waals surface area contributed by atoms with Gasteiger partial charge in [-0.25, -0.2) is 5.43 Å². The molecule has 3 N–H and O–H groups in total. The van der Waals surface area contributed by atoms with Crippen LogP contribution < -0.4 is 16.3 Å². The fraction of sp³-hybridized carbons (Fsp3) is 0.211. The maximum Gasteiger partial charge on any atom is 0.263 e. The zero-order chi connectivity index (χ0) is 19.1. The molecular formula is C19H20N6O2. The number of aliphatic imine (C=N–C) groups is 1. The second-order valence-electron chi connectivity index (χ2n) is 6.05. The monoisotopic (exact) mass is 364 g/mol. The number of amidine groups is 1. The van der Waals surface area contributed by atoms with E-state index in [1.54, 1.807) is 25.4 Å². The Labute approximate surface area is 156 Å². The molecule has 1 atom stereocenters. The number of hydrogen-bond acceptors (Lipinski definition) is 6. The zero-order valence-corrected chi connectivity index (χ0v) is 14.8. The van der Waals surface area contributed by atoms with Crippen molar-refractivity contribution in [3.63, 3.8) is 0 Å². The van der Waals surface area contributed by atoms with Crippen LogP contribution in [-0.2, 0) is 16.0 Å². The van der Waals surface area contributed by atoms with Crippen molar-refractivity contribution in [2.45, 2.75) is 25.8 Å². The summed E-state index contributed by atoms with van der Waals surface area (Å²) in [6.45, 7) is 1.77. The Morgan fingerprint density at radius 3 is 2.74 bits per heavy atom. The molecule has 8 nitrogen and oxygen atoms in total. The highest BCUT2D eigenvalue weighted by Gasteiger charge is 2.25. The second-order valence-corrected chi connectivity index (χ2v) is 6.05. The van der Waals surface area contributed by atoms with Gasteiger partial charge in [-0.1, -0.05) is 36.4 Å². The van der Waals surface area contributed by atoms with Crippen molar-refractivity contribution in [3.05, 3.63) is 66.0 Å². The van der Waals surface area contributed by atoms with Crippen molar-refractivity contribution in [3.8, 4) is 0 Å². The molecular weight excluding hydrogens is 344 g/mol. The molecule has 0 saturated carbocycles. The number of hydrazone groups is 1. The summed E-state index contributed by atoms with van der Waals surface area (Å²) in [5.41, 5.74) is 10.3. The molecule has 0 unspecified atom stereocenters. The number of benzene rings is 1. The predicted octanol–water partition coefficient (Wildman–Crippen LogP) is 0.956. The van der Waals surface area contributed by atoms with E-state index >= 15 is 0 Å². The summed E-state index contributed by atoms with van der Waals surface area (Å²) in [5.74, 6) is -0.133. The fourth-order valence-electron chi connectivity index (χ4n) is 2.52. The topological polar surface area (TPSA) is 108 Å². The molecule has 0 spiro atoms. The summed E-state index contributed by atoms with van der Waals surface area (Å²) in [5, 5.41) is 4.05. The van der Waals surface area contributed by atoms with Crippen molar-refractivity contribution < 1.29 is 9.59 Å². The Bertz CT molecular complexity index is 864. The molecule has 2 heterocycles. The normalized spacial score (nSPS) is 16.8. The van der Waals surface area contributed by atoms with Gasteiger partial charge in [-0.3, -0.25) is 30.4 Å². The average Bonchev–Trinajstić information content (AvgIpc) is 2.70. The van der Waals surface area contributed by atoms with Crippen LogP contribution in [0.15, 0.2) is 65.0 Å². The molecule has 0 bridgehead atoms. The fourth-order valence-corrected chi connectivity index (χ4v) is 2.52. The minimum absolute atomic E-state index is 0.0877. The molecule has 2 aromatic rings. The van der Waals surface area contributed by atoms with Crippen molar-refractivity contribution in [1.82, 2.24) is 21.3 Å². The van der Waals surface area contributed by atoms with Crippen LogP contribution in [0.3, 0.4) is 0 Å². The van der Waals surface area contributed by atoms with Crippen molar-refractivity contribution in [2.75, 3.05) is 0 Å².